The molecule has 2 aromatic heterocycles. The first-order valence-corrected chi connectivity index (χ1v) is 11.3. The zero-order chi connectivity index (χ0) is 23.2. The summed E-state index contributed by atoms with van der Waals surface area (Å²) < 4.78 is 5.75. The average molecular weight is 452 g/mol. The van der Waals surface area contributed by atoms with Gasteiger partial charge in [0.1, 0.15) is 5.75 Å². The number of anilines is 1. The van der Waals surface area contributed by atoms with Gasteiger partial charge in [-0.2, -0.15) is 0 Å². The van der Waals surface area contributed by atoms with E-state index in [1.54, 1.807) is 12.4 Å². The van der Waals surface area contributed by atoms with Crippen LogP contribution in [0.25, 0.3) is 22.4 Å². The summed E-state index contributed by atoms with van der Waals surface area (Å²) in [6.45, 7) is 2.71. The number of carbonyl (C=O) groups excluding carboxylic acids is 1. The molecule has 5 rings (SSSR count). The molecule has 0 saturated carbocycles. The molecule has 0 spiro atoms. The molecule has 0 bridgehead atoms. The van der Waals surface area contributed by atoms with Gasteiger partial charge in [-0.25, -0.2) is 0 Å². The number of benzene rings is 2. The van der Waals surface area contributed by atoms with E-state index in [2.05, 4.69) is 32.2 Å². The zero-order valence-electron chi connectivity index (χ0n) is 18.7. The predicted octanol–water partition coefficient (Wildman–Crippen LogP) is 3.93. The third-order valence-corrected chi connectivity index (χ3v) is 5.91. The number of piperazine rings is 1. The molecular weight excluding hydrogens is 426 g/mol. The maximum atomic E-state index is 12.7. The van der Waals surface area contributed by atoms with Crippen molar-refractivity contribution in [1.82, 2.24) is 20.1 Å². The summed E-state index contributed by atoms with van der Waals surface area (Å²) in [6, 6.07) is 25.8. The monoisotopic (exact) mass is 451 g/mol. The molecule has 0 atom stereocenters. The minimum atomic E-state index is -0.00842. The quantitative estimate of drug-likeness (QED) is 0.442. The van der Waals surface area contributed by atoms with Crippen LogP contribution < -0.4 is 9.64 Å². The molecule has 4 aromatic rings. The van der Waals surface area contributed by atoms with Crippen molar-refractivity contribution < 1.29 is 9.53 Å². The Kier molecular flexibility index (Phi) is 6.42. The van der Waals surface area contributed by atoms with Gasteiger partial charge in [0, 0.05) is 44.1 Å². The number of carbonyl (C=O) groups is 1. The standard InChI is InChI=1S/C27H25N5O2/c33-27(20-34-24-8-6-22(7-9-24)21-4-2-1-3-5-21)32-18-16-31(17-19-32)26-11-10-25(29-30-26)23-12-14-28-15-13-23/h1-15H,16-20H2. The molecule has 0 aliphatic carbocycles. The van der Waals surface area contributed by atoms with Gasteiger partial charge in [0.05, 0.1) is 5.69 Å². The van der Waals surface area contributed by atoms with Crippen LogP contribution >= 0.6 is 0 Å². The first-order chi connectivity index (χ1) is 16.8. The highest BCUT2D eigenvalue weighted by Gasteiger charge is 2.22. The Hall–Kier alpha value is -4.26. The maximum absolute atomic E-state index is 12.7. The van der Waals surface area contributed by atoms with Crippen LogP contribution in [0.2, 0.25) is 0 Å². The Bertz CT molecular complexity index is 1210. The largest absolute Gasteiger partial charge is 0.484 e. The number of hydrogen-bond donors (Lipinski definition) is 0. The Labute approximate surface area is 198 Å². The van der Waals surface area contributed by atoms with Gasteiger partial charge >= 0.3 is 0 Å². The van der Waals surface area contributed by atoms with Crippen molar-refractivity contribution in [3.8, 4) is 28.1 Å². The highest BCUT2D eigenvalue weighted by Crippen LogP contribution is 2.22. The van der Waals surface area contributed by atoms with Gasteiger partial charge in [0.15, 0.2) is 12.4 Å². The SMILES string of the molecule is O=C(COc1ccc(-c2ccccc2)cc1)N1CCN(c2ccc(-c3ccncc3)nn2)CC1. The highest BCUT2D eigenvalue weighted by atomic mass is 16.5. The first-order valence-electron chi connectivity index (χ1n) is 11.3. The Morgan fingerprint density at radius 2 is 1.44 bits per heavy atom. The molecule has 0 radical (unpaired) electrons. The molecular formula is C27H25N5O2. The van der Waals surface area contributed by atoms with Crippen molar-refractivity contribution in [1.29, 1.82) is 0 Å². The normalized spacial score (nSPS) is 13.5. The fourth-order valence-corrected chi connectivity index (χ4v) is 3.97. The van der Waals surface area contributed by atoms with Crippen LogP contribution in [0.1, 0.15) is 0 Å². The van der Waals surface area contributed by atoms with Crippen LogP contribution in [0.5, 0.6) is 5.75 Å². The van der Waals surface area contributed by atoms with E-state index in [9.17, 15) is 4.79 Å². The van der Waals surface area contributed by atoms with Gasteiger partial charge < -0.3 is 14.5 Å². The van der Waals surface area contributed by atoms with Gasteiger partial charge in [-0.15, -0.1) is 10.2 Å². The average Bonchev–Trinajstić information content (AvgIpc) is 2.93. The van der Waals surface area contributed by atoms with Crippen LogP contribution in [0, 0.1) is 0 Å². The van der Waals surface area contributed by atoms with Crippen molar-refractivity contribution in [3.63, 3.8) is 0 Å². The van der Waals surface area contributed by atoms with Crippen molar-refractivity contribution in [3.05, 3.63) is 91.3 Å². The summed E-state index contributed by atoms with van der Waals surface area (Å²) in [5, 5.41) is 8.73. The van der Waals surface area contributed by atoms with Gasteiger partial charge in [-0.05, 0) is 47.5 Å². The number of amides is 1. The summed E-state index contributed by atoms with van der Waals surface area (Å²) in [7, 11) is 0. The van der Waals surface area contributed by atoms with E-state index >= 15 is 0 Å². The fourth-order valence-electron chi connectivity index (χ4n) is 3.97. The van der Waals surface area contributed by atoms with Gasteiger partial charge in [0.25, 0.3) is 5.91 Å². The van der Waals surface area contributed by atoms with E-state index in [1.165, 1.54) is 0 Å². The molecule has 1 aliphatic rings. The zero-order valence-corrected chi connectivity index (χ0v) is 18.7. The van der Waals surface area contributed by atoms with E-state index < -0.39 is 0 Å². The highest BCUT2D eigenvalue weighted by molar-refractivity contribution is 5.78. The number of rotatable bonds is 6. The van der Waals surface area contributed by atoms with E-state index in [-0.39, 0.29) is 12.5 Å². The summed E-state index contributed by atoms with van der Waals surface area (Å²) >= 11 is 0. The lowest BCUT2D eigenvalue weighted by Crippen LogP contribution is -2.50. The summed E-state index contributed by atoms with van der Waals surface area (Å²) in [6.07, 6.45) is 3.48. The van der Waals surface area contributed by atoms with E-state index in [0.717, 1.165) is 28.2 Å². The molecule has 0 unspecified atom stereocenters. The van der Waals surface area contributed by atoms with E-state index in [0.29, 0.717) is 31.9 Å². The fraction of sp³-hybridized carbons (Fsp3) is 0.185. The molecule has 1 aliphatic heterocycles. The molecule has 3 heterocycles. The van der Waals surface area contributed by atoms with Crippen LogP contribution in [0.15, 0.2) is 91.3 Å². The topological polar surface area (TPSA) is 71.5 Å². The van der Waals surface area contributed by atoms with E-state index in [1.807, 2.05) is 71.6 Å². The van der Waals surface area contributed by atoms with Crippen molar-refractivity contribution in [2.45, 2.75) is 0 Å². The van der Waals surface area contributed by atoms with E-state index in [4.69, 9.17) is 4.74 Å². The lowest BCUT2D eigenvalue weighted by Gasteiger charge is -2.35. The minimum Gasteiger partial charge on any atom is -0.484 e. The number of nitrogens with zero attached hydrogens (tertiary/aromatic N) is 5. The number of hydrogen-bond acceptors (Lipinski definition) is 6. The van der Waals surface area contributed by atoms with Gasteiger partial charge in [-0.1, -0.05) is 42.5 Å². The molecule has 0 N–H and O–H groups in total. The van der Waals surface area contributed by atoms with Crippen LogP contribution in [0.3, 0.4) is 0 Å². The summed E-state index contributed by atoms with van der Waals surface area (Å²) in [5.74, 6) is 1.50. The maximum Gasteiger partial charge on any atom is 0.260 e. The Morgan fingerprint density at radius 1 is 0.735 bits per heavy atom. The third-order valence-electron chi connectivity index (χ3n) is 5.91. The molecule has 1 fully saturated rings. The second-order valence-electron chi connectivity index (χ2n) is 8.06. The number of pyridine rings is 1. The lowest BCUT2D eigenvalue weighted by atomic mass is 10.1. The van der Waals surface area contributed by atoms with Gasteiger partial charge in [-0.3, -0.25) is 9.78 Å². The molecule has 7 nitrogen and oxygen atoms in total. The smallest absolute Gasteiger partial charge is 0.260 e. The Morgan fingerprint density at radius 3 is 2.12 bits per heavy atom. The van der Waals surface area contributed by atoms with Crippen molar-refractivity contribution >= 4 is 11.7 Å². The molecule has 1 amide bonds. The minimum absolute atomic E-state index is 0.00842. The second-order valence-corrected chi connectivity index (χ2v) is 8.06. The predicted molar refractivity (Wildman–Crippen MR) is 131 cm³/mol. The second kappa shape index (κ2) is 10.1. The molecule has 2 aromatic carbocycles. The molecule has 170 valence electrons. The van der Waals surface area contributed by atoms with Gasteiger partial charge in [0.2, 0.25) is 0 Å². The lowest BCUT2D eigenvalue weighted by molar-refractivity contribution is -0.133. The Balaban J connectivity index is 1.11. The van der Waals surface area contributed by atoms with Crippen molar-refractivity contribution in [2.24, 2.45) is 0 Å². The summed E-state index contributed by atoms with van der Waals surface area (Å²) in [5.41, 5.74) is 4.07. The summed E-state index contributed by atoms with van der Waals surface area (Å²) in [4.78, 5) is 20.7. The third kappa shape index (κ3) is 5.04. The molecule has 1 saturated heterocycles. The number of aromatic nitrogens is 3. The van der Waals surface area contributed by atoms with Crippen molar-refractivity contribution in [2.75, 3.05) is 37.7 Å². The van der Waals surface area contributed by atoms with Crippen LogP contribution in [-0.4, -0.2) is 58.8 Å². The first kappa shape index (κ1) is 21.6. The number of ether oxygens (including phenoxy) is 1. The molecule has 7 heteroatoms. The molecule has 34 heavy (non-hydrogen) atoms. The van der Waals surface area contributed by atoms with Crippen LogP contribution in [-0.2, 0) is 4.79 Å². The van der Waals surface area contributed by atoms with Crippen LogP contribution in [0.4, 0.5) is 5.82 Å².